The number of unbranched alkanes of at least 4 members (excludes halogenated alkanes) is 2. The van der Waals surface area contributed by atoms with Gasteiger partial charge in [-0.2, -0.15) is 0 Å². The first-order valence-electron chi connectivity index (χ1n) is 4.77. The van der Waals surface area contributed by atoms with E-state index in [0.29, 0.717) is 19.6 Å². The second-order valence-electron chi connectivity index (χ2n) is 3.00. The van der Waals surface area contributed by atoms with Gasteiger partial charge in [0, 0.05) is 19.8 Å². The van der Waals surface area contributed by atoms with E-state index >= 15 is 0 Å². The third kappa shape index (κ3) is 7.98. The van der Waals surface area contributed by atoms with Crippen molar-refractivity contribution in [3.05, 3.63) is 0 Å². The van der Waals surface area contributed by atoms with Crippen molar-refractivity contribution in [2.24, 2.45) is 5.73 Å². The molecule has 3 N–H and O–H groups in total. The monoisotopic (exact) mass is 175 g/mol. The Morgan fingerprint density at radius 1 is 1.33 bits per heavy atom. The normalized spacial score (nSPS) is 13.2. The SMILES string of the molecule is CCCCCOCCC(O)CN. The summed E-state index contributed by atoms with van der Waals surface area (Å²) in [4.78, 5) is 0. The molecule has 1 unspecified atom stereocenters. The van der Waals surface area contributed by atoms with Gasteiger partial charge in [-0.15, -0.1) is 0 Å². The van der Waals surface area contributed by atoms with E-state index in [1.807, 2.05) is 0 Å². The van der Waals surface area contributed by atoms with Crippen molar-refractivity contribution < 1.29 is 9.84 Å². The molecule has 0 aromatic carbocycles. The summed E-state index contributed by atoms with van der Waals surface area (Å²) in [6.07, 6.45) is 3.82. The molecular formula is C9H21NO2. The number of hydrogen-bond acceptors (Lipinski definition) is 3. The summed E-state index contributed by atoms with van der Waals surface area (Å²) in [6.45, 7) is 3.93. The number of ether oxygens (including phenoxy) is 1. The van der Waals surface area contributed by atoms with E-state index in [2.05, 4.69) is 6.92 Å². The lowest BCUT2D eigenvalue weighted by molar-refractivity contribution is 0.0833. The molecule has 1 atom stereocenters. The van der Waals surface area contributed by atoms with Crippen molar-refractivity contribution in [3.8, 4) is 0 Å². The Bertz CT molecular complexity index is 88.6. The molecule has 0 saturated carbocycles. The summed E-state index contributed by atoms with van der Waals surface area (Å²) in [5.41, 5.74) is 5.23. The Kier molecular flexibility index (Phi) is 8.88. The molecule has 0 aromatic rings. The summed E-state index contributed by atoms with van der Waals surface area (Å²) in [5.74, 6) is 0. The zero-order valence-electron chi connectivity index (χ0n) is 7.96. The molecule has 0 rings (SSSR count). The standard InChI is InChI=1S/C9H21NO2/c1-2-3-4-6-12-7-5-9(11)8-10/h9,11H,2-8,10H2,1H3. The molecule has 0 fully saturated rings. The molecular weight excluding hydrogens is 154 g/mol. The highest BCUT2D eigenvalue weighted by Gasteiger charge is 1.99. The molecule has 0 bridgehead atoms. The maximum absolute atomic E-state index is 9.06. The average molecular weight is 175 g/mol. The van der Waals surface area contributed by atoms with Crippen LogP contribution >= 0.6 is 0 Å². The Balaban J connectivity index is 2.90. The quantitative estimate of drug-likeness (QED) is 0.539. The molecule has 74 valence electrons. The van der Waals surface area contributed by atoms with Gasteiger partial charge in [0.1, 0.15) is 0 Å². The van der Waals surface area contributed by atoms with Crippen molar-refractivity contribution in [2.75, 3.05) is 19.8 Å². The van der Waals surface area contributed by atoms with Crippen LogP contribution in [0.25, 0.3) is 0 Å². The second kappa shape index (κ2) is 8.97. The van der Waals surface area contributed by atoms with E-state index in [1.165, 1.54) is 12.8 Å². The van der Waals surface area contributed by atoms with E-state index < -0.39 is 6.10 Å². The van der Waals surface area contributed by atoms with Crippen LogP contribution in [-0.2, 0) is 4.74 Å². The second-order valence-corrected chi connectivity index (χ2v) is 3.00. The van der Waals surface area contributed by atoms with Gasteiger partial charge in [-0.3, -0.25) is 0 Å². The van der Waals surface area contributed by atoms with Crippen molar-refractivity contribution in [2.45, 2.75) is 38.7 Å². The molecule has 0 aliphatic heterocycles. The Labute approximate surface area is 74.9 Å². The molecule has 0 aliphatic rings. The van der Waals surface area contributed by atoms with Crippen LogP contribution in [0.15, 0.2) is 0 Å². The van der Waals surface area contributed by atoms with Gasteiger partial charge in [0.05, 0.1) is 6.10 Å². The zero-order chi connectivity index (χ0) is 9.23. The van der Waals surface area contributed by atoms with Gasteiger partial charge >= 0.3 is 0 Å². The van der Waals surface area contributed by atoms with Gasteiger partial charge in [-0.1, -0.05) is 19.8 Å². The van der Waals surface area contributed by atoms with Gasteiger partial charge in [-0.25, -0.2) is 0 Å². The molecule has 0 spiro atoms. The average Bonchev–Trinajstić information content (AvgIpc) is 2.10. The van der Waals surface area contributed by atoms with Gasteiger partial charge in [-0.05, 0) is 12.8 Å². The summed E-state index contributed by atoms with van der Waals surface area (Å²) in [5, 5.41) is 9.06. The number of hydrogen-bond donors (Lipinski definition) is 2. The fourth-order valence-corrected chi connectivity index (χ4v) is 0.893. The van der Waals surface area contributed by atoms with Crippen LogP contribution in [0, 0.1) is 0 Å². The Morgan fingerprint density at radius 2 is 2.08 bits per heavy atom. The lowest BCUT2D eigenvalue weighted by atomic mass is 10.2. The van der Waals surface area contributed by atoms with E-state index in [-0.39, 0.29) is 0 Å². The highest BCUT2D eigenvalue weighted by Crippen LogP contribution is 1.96. The van der Waals surface area contributed by atoms with Gasteiger partial charge in [0.2, 0.25) is 0 Å². The van der Waals surface area contributed by atoms with Crippen molar-refractivity contribution in [1.29, 1.82) is 0 Å². The van der Waals surface area contributed by atoms with E-state index in [4.69, 9.17) is 15.6 Å². The zero-order valence-corrected chi connectivity index (χ0v) is 7.96. The molecule has 0 amide bonds. The molecule has 3 nitrogen and oxygen atoms in total. The molecule has 12 heavy (non-hydrogen) atoms. The van der Waals surface area contributed by atoms with E-state index in [0.717, 1.165) is 13.0 Å². The van der Waals surface area contributed by atoms with Crippen LogP contribution in [0.4, 0.5) is 0 Å². The highest BCUT2D eigenvalue weighted by molar-refractivity contribution is 4.53. The fourth-order valence-electron chi connectivity index (χ4n) is 0.893. The molecule has 0 aliphatic carbocycles. The maximum Gasteiger partial charge on any atom is 0.0684 e. The van der Waals surface area contributed by atoms with Crippen LogP contribution in [0.2, 0.25) is 0 Å². The summed E-state index contributed by atoms with van der Waals surface area (Å²) in [7, 11) is 0. The molecule has 0 saturated heterocycles. The minimum absolute atomic E-state index is 0.332. The molecule has 3 heteroatoms. The predicted octanol–water partition coefficient (Wildman–Crippen LogP) is 0.903. The first kappa shape index (κ1) is 11.9. The number of aliphatic hydroxyl groups excluding tert-OH is 1. The molecule has 0 heterocycles. The van der Waals surface area contributed by atoms with Crippen molar-refractivity contribution in [1.82, 2.24) is 0 Å². The van der Waals surface area contributed by atoms with Gasteiger partial charge < -0.3 is 15.6 Å². The van der Waals surface area contributed by atoms with Gasteiger partial charge in [0.25, 0.3) is 0 Å². The highest BCUT2D eigenvalue weighted by atomic mass is 16.5. The number of rotatable bonds is 8. The Hall–Kier alpha value is -0.120. The van der Waals surface area contributed by atoms with E-state index in [9.17, 15) is 0 Å². The molecule has 0 radical (unpaired) electrons. The number of aliphatic hydroxyl groups is 1. The third-order valence-electron chi connectivity index (χ3n) is 1.76. The fraction of sp³-hybridized carbons (Fsp3) is 1.00. The van der Waals surface area contributed by atoms with Crippen LogP contribution in [0.3, 0.4) is 0 Å². The van der Waals surface area contributed by atoms with Crippen molar-refractivity contribution in [3.63, 3.8) is 0 Å². The third-order valence-corrected chi connectivity index (χ3v) is 1.76. The maximum atomic E-state index is 9.06. The van der Waals surface area contributed by atoms with E-state index in [1.54, 1.807) is 0 Å². The van der Waals surface area contributed by atoms with Crippen LogP contribution in [0.5, 0.6) is 0 Å². The minimum atomic E-state index is -0.392. The lowest BCUT2D eigenvalue weighted by Crippen LogP contribution is -2.21. The Morgan fingerprint density at radius 3 is 2.67 bits per heavy atom. The first-order valence-corrected chi connectivity index (χ1v) is 4.77. The predicted molar refractivity (Wildman–Crippen MR) is 50.0 cm³/mol. The van der Waals surface area contributed by atoms with Crippen molar-refractivity contribution >= 4 is 0 Å². The minimum Gasteiger partial charge on any atom is -0.392 e. The summed E-state index contributed by atoms with van der Waals surface area (Å²) < 4.78 is 5.29. The van der Waals surface area contributed by atoms with Crippen LogP contribution in [-0.4, -0.2) is 31.0 Å². The first-order chi connectivity index (χ1) is 5.81. The lowest BCUT2D eigenvalue weighted by Gasteiger charge is -2.07. The smallest absolute Gasteiger partial charge is 0.0684 e. The van der Waals surface area contributed by atoms with Gasteiger partial charge in [0.15, 0.2) is 0 Å². The summed E-state index contributed by atoms with van der Waals surface area (Å²) in [6, 6.07) is 0. The van der Waals surface area contributed by atoms with Crippen LogP contribution < -0.4 is 5.73 Å². The number of nitrogens with two attached hydrogens (primary N) is 1. The summed E-state index contributed by atoms with van der Waals surface area (Å²) >= 11 is 0. The molecule has 0 aromatic heterocycles. The van der Waals surface area contributed by atoms with Crippen LogP contribution in [0.1, 0.15) is 32.6 Å². The topological polar surface area (TPSA) is 55.5 Å². The largest absolute Gasteiger partial charge is 0.392 e.